The minimum atomic E-state index is -0.311. The van der Waals surface area contributed by atoms with Crippen LogP contribution in [0.5, 0.6) is 0 Å². The number of hydrogen-bond acceptors (Lipinski definition) is 5. The lowest BCUT2D eigenvalue weighted by Crippen LogP contribution is -2.32. The molecule has 0 radical (unpaired) electrons. The molecule has 9 heteroatoms. The third-order valence-corrected chi connectivity index (χ3v) is 6.83. The fraction of sp³-hybridized carbons (Fsp3) is 0.393. The van der Waals surface area contributed by atoms with E-state index in [0.29, 0.717) is 11.4 Å². The molecular weight excluding hydrogens is 488 g/mol. The van der Waals surface area contributed by atoms with Crippen LogP contribution in [0.1, 0.15) is 43.7 Å². The van der Waals surface area contributed by atoms with Crippen LogP contribution < -0.4 is 26.4 Å². The predicted molar refractivity (Wildman–Crippen MR) is 151 cm³/mol. The molecule has 2 heterocycles. The highest BCUT2D eigenvalue weighted by Crippen LogP contribution is 2.22. The van der Waals surface area contributed by atoms with Crippen LogP contribution in [0.25, 0.3) is 0 Å². The average Bonchev–Trinajstić information content (AvgIpc) is 3.19. The van der Waals surface area contributed by atoms with Gasteiger partial charge >= 0.3 is 6.03 Å². The van der Waals surface area contributed by atoms with E-state index in [9.17, 15) is 9.59 Å². The first-order chi connectivity index (χ1) is 18.0. The summed E-state index contributed by atoms with van der Waals surface area (Å²) in [5, 5.41) is 13.6. The third-order valence-electron chi connectivity index (χ3n) is 6.47. The standard InChI is InChI=1S/C28H35ClN6O2/c1-2-3-4-6-21-7-11-23(12-8-21)32-28(37)33-24-13-9-22(10-14-24)20-35-27(36)26(29)25(19-31-35)34-17-5-15-30-16-18-34/h7-14,19,30H,2-6,15-18,20H2,1H3,(H2,32,33,37). The first-order valence-electron chi connectivity index (χ1n) is 13.0. The molecule has 1 aromatic heterocycles. The molecule has 1 fully saturated rings. The Morgan fingerprint density at radius 1 is 0.973 bits per heavy atom. The van der Waals surface area contributed by atoms with Gasteiger partial charge in [0.15, 0.2) is 0 Å². The molecule has 3 N–H and O–H groups in total. The van der Waals surface area contributed by atoms with Crippen molar-refractivity contribution < 1.29 is 4.79 Å². The number of aryl methyl sites for hydroxylation is 1. The number of benzene rings is 2. The van der Waals surface area contributed by atoms with Crippen molar-refractivity contribution in [1.82, 2.24) is 15.1 Å². The Kier molecular flexibility index (Phi) is 9.57. The Hall–Kier alpha value is -3.36. The van der Waals surface area contributed by atoms with Gasteiger partial charge in [-0.1, -0.05) is 55.6 Å². The topological polar surface area (TPSA) is 91.3 Å². The molecule has 1 saturated heterocycles. The monoisotopic (exact) mass is 522 g/mol. The minimum absolute atomic E-state index is 0.195. The van der Waals surface area contributed by atoms with Crippen LogP contribution in [-0.4, -0.2) is 42.0 Å². The lowest BCUT2D eigenvalue weighted by molar-refractivity contribution is 0.262. The number of rotatable bonds is 9. The number of amides is 2. The zero-order valence-electron chi connectivity index (χ0n) is 21.3. The SMILES string of the molecule is CCCCCc1ccc(NC(=O)Nc2ccc(Cn3ncc(N4CCCNCC4)c(Cl)c3=O)cc2)cc1. The summed E-state index contributed by atoms with van der Waals surface area (Å²) in [7, 11) is 0. The molecule has 37 heavy (non-hydrogen) atoms. The van der Waals surface area contributed by atoms with E-state index in [1.807, 2.05) is 24.3 Å². The van der Waals surface area contributed by atoms with Crippen molar-refractivity contribution >= 4 is 34.7 Å². The maximum absolute atomic E-state index is 12.9. The highest BCUT2D eigenvalue weighted by Gasteiger charge is 2.17. The van der Waals surface area contributed by atoms with Crippen LogP contribution in [0.3, 0.4) is 0 Å². The maximum Gasteiger partial charge on any atom is 0.323 e. The minimum Gasteiger partial charge on any atom is -0.368 e. The largest absolute Gasteiger partial charge is 0.368 e. The molecule has 1 aliphatic rings. The Labute approximate surface area is 223 Å². The molecule has 1 aliphatic heterocycles. The van der Waals surface area contributed by atoms with E-state index in [4.69, 9.17) is 11.6 Å². The van der Waals surface area contributed by atoms with E-state index >= 15 is 0 Å². The molecular formula is C28H35ClN6O2. The second-order valence-electron chi connectivity index (χ2n) is 9.33. The van der Waals surface area contributed by atoms with Crippen LogP contribution >= 0.6 is 11.6 Å². The van der Waals surface area contributed by atoms with Crippen LogP contribution in [-0.2, 0) is 13.0 Å². The summed E-state index contributed by atoms with van der Waals surface area (Å²) in [6.07, 6.45) is 7.33. The Morgan fingerprint density at radius 3 is 2.32 bits per heavy atom. The molecule has 4 rings (SSSR count). The molecule has 3 aromatic rings. The highest BCUT2D eigenvalue weighted by molar-refractivity contribution is 6.33. The van der Waals surface area contributed by atoms with Crippen molar-refractivity contribution in [2.24, 2.45) is 0 Å². The molecule has 0 aliphatic carbocycles. The summed E-state index contributed by atoms with van der Waals surface area (Å²) in [6, 6.07) is 15.0. The van der Waals surface area contributed by atoms with Crippen LogP contribution in [0.15, 0.2) is 59.5 Å². The zero-order valence-corrected chi connectivity index (χ0v) is 22.1. The lowest BCUT2D eigenvalue weighted by atomic mass is 10.1. The van der Waals surface area contributed by atoms with Gasteiger partial charge in [0.05, 0.1) is 18.4 Å². The normalized spacial score (nSPS) is 13.7. The number of nitrogens with zero attached hydrogens (tertiary/aromatic N) is 3. The van der Waals surface area contributed by atoms with Gasteiger partial charge < -0.3 is 20.9 Å². The lowest BCUT2D eigenvalue weighted by Gasteiger charge is -2.23. The predicted octanol–water partition coefficient (Wildman–Crippen LogP) is 5.12. The number of aromatic nitrogens is 2. The van der Waals surface area contributed by atoms with Gasteiger partial charge in [0.2, 0.25) is 0 Å². The van der Waals surface area contributed by atoms with Gasteiger partial charge in [0, 0.05) is 31.0 Å². The van der Waals surface area contributed by atoms with Gasteiger partial charge in [0.1, 0.15) is 5.02 Å². The van der Waals surface area contributed by atoms with Crippen LogP contribution in [0.4, 0.5) is 21.9 Å². The van der Waals surface area contributed by atoms with Crippen molar-refractivity contribution in [3.63, 3.8) is 0 Å². The highest BCUT2D eigenvalue weighted by atomic mass is 35.5. The molecule has 2 amide bonds. The molecule has 0 unspecified atom stereocenters. The number of carbonyl (C=O) groups excluding carboxylic acids is 1. The molecule has 196 valence electrons. The van der Waals surface area contributed by atoms with Crippen molar-refractivity contribution in [3.05, 3.63) is 81.2 Å². The van der Waals surface area contributed by atoms with E-state index in [1.165, 1.54) is 29.5 Å². The fourth-order valence-electron chi connectivity index (χ4n) is 4.37. The molecule has 0 bridgehead atoms. The van der Waals surface area contributed by atoms with Gasteiger partial charge in [-0.05, 0) is 61.2 Å². The Morgan fingerprint density at radius 2 is 1.65 bits per heavy atom. The number of halogens is 1. The summed E-state index contributed by atoms with van der Waals surface area (Å²) in [6.45, 7) is 5.92. The van der Waals surface area contributed by atoms with Crippen molar-refractivity contribution in [3.8, 4) is 0 Å². The molecule has 0 atom stereocenters. The van der Waals surface area contributed by atoms with Crippen LogP contribution in [0, 0.1) is 0 Å². The van der Waals surface area contributed by atoms with E-state index in [-0.39, 0.29) is 23.2 Å². The number of anilines is 3. The first kappa shape index (κ1) is 26.7. The number of urea groups is 1. The van der Waals surface area contributed by atoms with Crippen molar-refractivity contribution in [2.75, 3.05) is 41.7 Å². The van der Waals surface area contributed by atoms with Crippen molar-refractivity contribution in [1.29, 1.82) is 0 Å². The zero-order chi connectivity index (χ0) is 26.0. The Bertz CT molecular complexity index is 1220. The summed E-state index contributed by atoms with van der Waals surface area (Å²) in [4.78, 5) is 27.4. The number of hydrogen-bond donors (Lipinski definition) is 3. The second-order valence-corrected chi connectivity index (χ2v) is 9.71. The Balaban J connectivity index is 1.32. The van der Waals surface area contributed by atoms with E-state index in [0.717, 1.165) is 50.3 Å². The second kappa shape index (κ2) is 13.3. The summed E-state index contributed by atoms with van der Waals surface area (Å²) in [5.41, 5.74) is 3.93. The van der Waals surface area contributed by atoms with Gasteiger partial charge in [-0.2, -0.15) is 5.10 Å². The van der Waals surface area contributed by atoms with Crippen molar-refractivity contribution in [2.45, 2.75) is 45.6 Å². The van der Waals surface area contributed by atoms with E-state index < -0.39 is 0 Å². The smallest absolute Gasteiger partial charge is 0.323 e. The molecule has 0 saturated carbocycles. The summed E-state index contributed by atoms with van der Waals surface area (Å²) in [5.74, 6) is 0. The van der Waals surface area contributed by atoms with Gasteiger partial charge in [-0.15, -0.1) is 0 Å². The van der Waals surface area contributed by atoms with Crippen LogP contribution in [0.2, 0.25) is 5.02 Å². The van der Waals surface area contributed by atoms with Gasteiger partial charge in [0.25, 0.3) is 5.56 Å². The van der Waals surface area contributed by atoms with Gasteiger partial charge in [-0.3, -0.25) is 4.79 Å². The first-order valence-corrected chi connectivity index (χ1v) is 13.4. The quantitative estimate of drug-likeness (QED) is 0.339. The van der Waals surface area contributed by atoms with E-state index in [1.54, 1.807) is 18.3 Å². The molecule has 8 nitrogen and oxygen atoms in total. The number of carbonyl (C=O) groups is 1. The molecule has 2 aromatic carbocycles. The summed E-state index contributed by atoms with van der Waals surface area (Å²) < 4.78 is 1.36. The summed E-state index contributed by atoms with van der Waals surface area (Å²) >= 11 is 6.45. The maximum atomic E-state index is 12.9. The molecule has 0 spiro atoms. The van der Waals surface area contributed by atoms with E-state index in [2.05, 4.69) is 45.0 Å². The third kappa shape index (κ3) is 7.57. The number of nitrogens with one attached hydrogen (secondary N) is 3. The fourth-order valence-corrected chi connectivity index (χ4v) is 4.64. The average molecular weight is 523 g/mol. The number of unbranched alkanes of at least 4 members (excludes halogenated alkanes) is 2. The van der Waals surface area contributed by atoms with Gasteiger partial charge in [-0.25, -0.2) is 9.48 Å².